The van der Waals surface area contributed by atoms with Crippen LogP contribution in [0.15, 0.2) is 0 Å². The molecule has 0 spiro atoms. The van der Waals surface area contributed by atoms with Crippen LogP contribution in [0.2, 0.25) is 0 Å². The summed E-state index contributed by atoms with van der Waals surface area (Å²) in [6.07, 6.45) is 4.71. The van der Waals surface area contributed by atoms with Gasteiger partial charge in [-0.25, -0.2) is 0 Å². The number of amides is 1. The van der Waals surface area contributed by atoms with Crippen molar-refractivity contribution in [3.63, 3.8) is 0 Å². The second-order valence-corrected chi connectivity index (χ2v) is 6.47. The van der Waals surface area contributed by atoms with Crippen LogP contribution in [0.5, 0.6) is 0 Å². The van der Waals surface area contributed by atoms with Crippen LogP contribution in [-0.2, 0) is 4.79 Å². The Labute approximate surface area is 115 Å². The molecular weight excluding hydrogens is 246 g/mol. The Bertz CT molecular complexity index is 244. The van der Waals surface area contributed by atoms with Gasteiger partial charge in [-0.3, -0.25) is 4.79 Å². The summed E-state index contributed by atoms with van der Waals surface area (Å²) >= 11 is 1.92. The molecule has 0 aromatic rings. The molecule has 3 nitrogen and oxygen atoms in total. The normalized spacial score (nSPS) is 17.6. The monoisotopic (exact) mass is 273 g/mol. The Balaban J connectivity index is 2.53. The Hall–Kier alpha value is -0.220. The molecule has 0 aromatic heterocycles. The van der Waals surface area contributed by atoms with E-state index in [1.807, 2.05) is 16.7 Å². The van der Waals surface area contributed by atoms with Crippen LogP contribution in [0.3, 0.4) is 0 Å². The van der Waals surface area contributed by atoms with Crippen LogP contribution >= 0.6 is 11.8 Å². The zero-order valence-electron chi connectivity index (χ0n) is 11.8. The molecule has 4 heteroatoms. The molecule has 1 saturated heterocycles. The van der Waals surface area contributed by atoms with Gasteiger partial charge in [0, 0.05) is 18.8 Å². The van der Waals surface area contributed by atoms with Crippen LogP contribution in [0, 0.1) is 0 Å². The van der Waals surface area contributed by atoms with Gasteiger partial charge in [-0.2, -0.15) is 11.8 Å². The third kappa shape index (κ3) is 5.19. The number of carbonyl (C=O) groups excluding carboxylic acids is 1. The Kier molecular flexibility index (Phi) is 7.08. The first-order chi connectivity index (χ1) is 8.61. The number of carbonyl (C=O) groups is 1. The highest BCUT2D eigenvalue weighted by Crippen LogP contribution is 2.25. The lowest BCUT2D eigenvalue weighted by atomic mass is 9.89. The maximum absolute atomic E-state index is 12.3. The molecule has 0 radical (unpaired) electrons. The van der Waals surface area contributed by atoms with Gasteiger partial charge in [0.05, 0.1) is 12.0 Å². The van der Waals surface area contributed by atoms with E-state index in [0.717, 1.165) is 56.7 Å². The molecule has 0 aromatic carbocycles. The molecule has 0 aliphatic carbocycles. The Morgan fingerprint density at radius 1 is 1.22 bits per heavy atom. The fourth-order valence-electron chi connectivity index (χ4n) is 2.62. The lowest BCUT2D eigenvalue weighted by Gasteiger charge is -2.30. The molecule has 106 valence electrons. The van der Waals surface area contributed by atoms with Gasteiger partial charge < -0.3 is 10.0 Å². The van der Waals surface area contributed by atoms with Crippen LogP contribution in [0.4, 0.5) is 0 Å². The number of aliphatic hydroxyl groups is 1. The summed E-state index contributed by atoms with van der Waals surface area (Å²) in [5.74, 6) is 2.32. The van der Waals surface area contributed by atoms with E-state index in [0.29, 0.717) is 6.42 Å². The van der Waals surface area contributed by atoms with Gasteiger partial charge in [-0.1, -0.05) is 26.7 Å². The minimum absolute atomic E-state index is 0.141. The molecule has 0 unspecified atom stereocenters. The summed E-state index contributed by atoms with van der Waals surface area (Å²) in [6.45, 7) is 5.83. The quantitative estimate of drug-likeness (QED) is 0.809. The number of thioether (sulfide) groups is 1. The first kappa shape index (κ1) is 15.8. The van der Waals surface area contributed by atoms with Crippen molar-refractivity contribution in [2.24, 2.45) is 0 Å². The smallest absolute Gasteiger partial charge is 0.225 e. The van der Waals surface area contributed by atoms with Gasteiger partial charge in [0.15, 0.2) is 0 Å². The molecule has 1 fully saturated rings. The van der Waals surface area contributed by atoms with E-state index in [-0.39, 0.29) is 5.91 Å². The van der Waals surface area contributed by atoms with Gasteiger partial charge >= 0.3 is 0 Å². The molecule has 1 amide bonds. The molecule has 1 aliphatic rings. The van der Waals surface area contributed by atoms with Crippen molar-refractivity contribution in [3.8, 4) is 0 Å². The average molecular weight is 273 g/mol. The molecule has 1 aliphatic heterocycles. The van der Waals surface area contributed by atoms with Crippen molar-refractivity contribution in [2.75, 3.05) is 24.6 Å². The minimum atomic E-state index is -0.778. The van der Waals surface area contributed by atoms with E-state index in [9.17, 15) is 9.90 Å². The summed E-state index contributed by atoms with van der Waals surface area (Å²) in [6, 6.07) is 0. The zero-order chi connectivity index (χ0) is 13.4. The number of hydrogen-bond donors (Lipinski definition) is 1. The topological polar surface area (TPSA) is 40.5 Å². The minimum Gasteiger partial charge on any atom is -0.389 e. The summed E-state index contributed by atoms with van der Waals surface area (Å²) in [5, 5.41) is 10.5. The summed E-state index contributed by atoms with van der Waals surface area (Å²) < 4.78 is 0. The van der Waals surface area contributed by atoms with Gasteiger partial charge in [0.25, 0.3) is 0 Å². The third-order valence-electron chi connectivity index (χ3n) is 3.49. The second kappa shape index (κ2) is 8.05. The summed E-state index contributed by atoms with van der Waals surface area (Å²) in [4.78, 5) is 14.2. The van der Waals surface area contributed by atoms with Gasteiger partial charge in [0.1, 0.15) is 0 Å². The van der Waals surface area contributed by atoms with Crippen molar-refractivity contribution in [1.82, 2.24) is 4.90 Å². The summed E-state index contributed by atoms with van der Waals surface area (Å²) in [7, 11) is 0. The van der Waals surface area contributed by atoms with Crippen LogP contribution in [-0.4, -0.2) is 46.1 Å². The lowest BCUT2D eigenvalue weighted by Crippen LogP contribution is -2.40. The predicted octanol–water partition coefficient (Wildman–Crippen LogP) is 2.67. The highest BCUT2D eigenvalue weighted by atomic mass is 32.2. The van der Waals surface area contributed by atoms with Crippen LogP contribution in [0.25, 0.3) is 0 Å². The molecule has 0 bridgehead atoms. The standard InChI is InChI=1S/C14H27NO2S/c1-3-6-14(17,7-4-2)12-13(16)15-8-5-10-18-11-9-15/h17H,3-12H2,1-2H3. The maximum atomic E-state index is 12.3. The van der Waals surface area contributed by atoms with Gasteiger partial charge in [-0.05, 0) is 25.0 Å². The third-order valence-corrected chi connectivity index (χ3v) is 4.53. The van der Waals surface area contributed by atoms with Crippen LogP contribution in [0.1, 0.15) is 52.4 Å². The van der Waals surface area contributed by atoms with E-state index in [4.69, 9.17) is 0 Å². The molecule has 1 heterocycles. The van der Waals surface area contributed by atoms with E-state index < -0.39 is 5.60 Å². The van der Waals surface area contributed by atoms with Crippen LogP contribution < -0.4 is 0 Å². The molecule has 0 atom stereocenters. The molecule has 0 saturated carbocycles. The molecule has 18 heavy (non-hydrogen) atoms. The Morgan fingerprint density at radius 2 is 1.89 bits per heavy atom. The largest absolute Gasteiger partial charge is 0.389 e. The summed E-state index contributed by atoms with van der Waals surface area (Å²) in [5.41, 5.74) is -0.778. The molecule has 1 N–H and O–H groups in total. The van der Waals surface area contributed by atoms with Gasteiger partial charge in [0.2, 0.25) is 5.91 Å². The van der Waals surface area contributed by atoms with Crippen molar-refractivity contribution >= 4 is 17.7 Å². The lowest BCUT2D eigenvalue weighted by molar-refractivity contribution is -0.136. The van der Waals surface area contributed by atoms with E-state index in [1.165, 1.54) is 0 Å². The molecule has 1 rings (SSSR count). The predicted molar refractivity (Wildman–Crippen MR) is 77.9 cm³/mol. The first-order valence-corrected chi connectivity index (χ1v) is 8.34. The highest BCUT2D eigenvalue weighted by Gasteiger charge is 2.30. The molecular formula is C14H27NO2S. The Morgan fingerprint density at radius 3 is 2.50 bits per heavy atom. The van der Waals surface area contributed by atoms with E-state index >= 15 is 0 Å². The van der Waals surface area contributed by atoms with Crippen molar-refractivity contribution in [2.45, 2.75) is 58.0 Å². The second-order valence-electron chi connectivity index (χ2n) is 5.25. The number of rotatable bonds is 6. The highest BCUT2D eigenvalue weighted by molar-refractivity contribution is 7.99. The zero-order valence-corrected chi connectivity index (χ0v) is 12.6. The average Bonchev–Trinajstić information content (AvgIpc) is 2.57. The fraction of sp³-hybridized carbons (Fsp3) is 0.929. The van der Waals surface area contributed by atoms with Crippen molar-refractivity contribution < 1.29 is 9.90 Å². The van der Waals surface area contributed by atoms with E-state index in [1.54, 1.807) is 0 Å². The maximum Gasteiger partial charge on any atom is 0.225 e. The fourth-order valence-corrected chi connectivity index (χ4v) is 3.51. The van der Waals surface area contributed by atoms with Crippen molar-refractivity contribution in [3.05, 3.63) is 0 Å². The number of nitrogens with zero attached hydrogens (tertiary/aromatic N) is 1. The number of hydrogen-bond acceptors (Lipinski definition) is 3. The first-order valence-electron chi connectivity index (χ1n) is 7.19. The SMILES string of the molecule is CCCC(O)(CCC)CC(=O)N1CCCSCC1. The van der Waals surface area contributed by atoms with E-state index in [2.05, 4.69) is 13.8 Å². The van der Waals surface area contributed by atoms with Gasteiger partial charge in [-0.15, -0.1) is 0 Å². The van der Waals surface area contributed by atoms with Crippen molar-refractivity contribution in [1.29, 1.82) is 0 Å².